The van der Waals surface area contributed by atoms with Crippen LogP contribution in [-0.4, -0.2) is 51.2 Å². The second-order valence-corrected chi connectivity index (χ2v) is 6.01. The van der Waals surface area contributed by atoms with Crippen LogP contribution in [-0.2, 0) is 9.53 Å². The van der Waals surface area contributed by atoms with Gasteiger partial charge in [-0.2, -0.15) is 0 Å². The zero-order valence-corrected chi connectivity index (χ0v) is 14.7. The second-order valence-electron chi connectivity index (χ2n) is 6.01. The molecule has 1 saturated heterocycles. The maximum Gasteiger partial charge on any atom is 0.256 e. The minimum absolute atomic E-state index is 0.0216. The summed E-state index contributed by atoms with van der Waals surface area (Å²) in [5.74, 6) is 0.884. The molecule has 3 rings (SSSR count). The van der Waals surface area contributed by atoms with Crippen molar-refractivity contribution in [2.24, 2.45) is 0 Å². The number of amides is 1. The van der Waals surface area contributed by atoms with Crippen LogP contribution in [0.25, 0.3) is 0 Å². The fourth-order valence-electron chi connectivity index (χ4n) is 3.23. The van der Waals surface area contributed by atoms with Crippen LogP contribution in [0.2, 0.25) is 0 Å². The van der Waals surface area contributed by atoms with Gasteiger partial charge in [0.2, 0.25) is 0 Å². The lowest BCUT2D eigenvalue weighted by Crippen LogP contribution is -2.50. The number of hydrogen-bond acceptors (Lipinski definition) is 4. The van der Waals surface area contributed by atoms with Crippen LogP contribution in [0.15, 0.2) is 54.6 Å². The highest BCUT2D eigenvalue weighted by atomic mass is 16.5. The fraction of sp³-hybridized carbons (Fsp3) is 0.350. The first-order valence-electron chi connectivity index (χ1n) is 8.49. The Hall–Kier alpha value is -2.53. The lowest BCUT2D eigenvalue weighted by atomic mass is 10.1. The van der Waals surface area contributed by atoms with Crippen molar-refractivity contribution < 1.29 is 14.3 Å². The smallest absolute Gasteiger partial charge is 0.256 e. The molecule has 5 heteroatoms. The van der Waals surface area contributed by atoms with Gasteiger partial charge in [0.15, 0.2) is 6.10 Å². The van der Waals surface area contributed by atoms with Gasteiger partial charge in [0.05, 0.1) is 12.8 Å². The van der Waals surface area contributed by atoms with Crippen molar-refractivity contribution in [1.82, 2.24) is 4.90 Å². The standard InChI is InChI=1S/C20H24N2O3/c1-24-18-11-7-6-10-17(18)21-12-14-22(15-13-21)20(23)19(25-2)16-8-4-3-5-9-16/h3-11,19H,12-15H2,1-2H3/t19-/m0/s1. The van der Waals surface area contributed by atoms with Crippen molar-refractivity contribution in [3.63, 3.8) is 0 Å². The van der Waals surface area contributed by atoms with Crippen LogP contribution < -0.4 is 9.64 Å². The lowest BCUT2D eigenvalue weighted by molar-refractivity contribution is -0.142. The number of hydrogen-bond donors (Lipinski definition) is 0. The van der Waals surface area contributed by atoms with Crippen LogP contribution in [0.5, 0.6) is 5.75 Å². The number of carbonyl (C=O) groups excluding carboxylic acids is 1. The number of ether oxygens (including phenoxy) is 2. The molecule has 0 saturated carbocycles. The number of benzene rings is 2. The van der Waals surface area contributed by atoms with Gasteiger partial charge in [-0.3, -0.25) is 4.79 Å². The van der Waals surface area contributed by atoms with Gasteiger partial charge >= 0.3 is 0 Å². The average molecular weight is 340 g/mol. The molecule has 25 heavy (non-hydrogen) atoms. The molecule has 132 valence electrons. The van der Waals surface area contributed by atoms with E-state index in [1.54, 1.807) is 14.2 Å². The summed E-state index contributed by atoms with van der Waals surface area (Å²) < 4.78 is 10.9. The Labute approximate surface area is 148 Å². The molecule has 0 N–H and O–H groups in total. The number of rotatable bonds is 5. The van der Waals surface area contributed by atoms with E-state index in [0.29, 0.717) is 13.1 Å². The number of nitrogens with zero attached hydrogens (tertiary/aromatic N) is 2. The molecule has 2 aromatic carbocycles. The van der Waals surface area contributed by atoms with Crippen LogP contribution in [0.3, 0.4) is 0 Å². The van der Waals surface area contributed by atoms with E-state index in [2.05, 4.69) is 11.0 Å². The summed E-state index contributed by atoms with van der Waals surface area (Å²) >= 11 is 0. The molecule has 0 aromatic heterocycles. The Morgan fingerprint density at radius 3 is 2.20 bits per heavy atom. The van der Waals surface area contributed by atoms with Crippen molar-refractivity contribution in [1.29, 1.82) is 0 Å². The molecule has 0 unspecified atom stereocenters. The van der Waals surface area contributed by atoms with Gasteiger partial charge in [-0.05, 0) is 17.7 Å². The van der Waals surface area contributed by atoms with Crippen molar-refractivity contribution in [3.05, 3.63) is 60.2 Å². The first-order valence-corrected chi connectivity index (χ1v) is 8.49. The Kier molecular flexibility index (Phi) is 5.56. The molecular weight excluding hydrogens is 316 g/mol. The van der Waals surface area contributed by atoms with E-state index in [-0.39, 0.29) is 5.91 Å². The van der Waals surface area contributed by atoms with Crippen LogP contribution in [0.4, 0.5) is 5.69 Å². The first-order chi connectivity index (χ1) is 12.2. The Morgan fingerprint density at radius 2 is 1.56 bits per heavy atom. The van der Waals surface area contributed by atoms with Crippen LogP contribution in [0, 0.1) is 0 Å². The van der Waals surface area contributed by atoms with Gasteiger partial charge in [0.1, 0.15) is 5.75 Å². The molecule has 1 atom stereocenters. The Morgan fingerprint density at radius 1 is 0.920 bits per heavy atom. The number of para-hydroxylation sites is 2. The number of anilines is 1. The number of methoxy groups -OCH3 is 2. The summed E-state index contributed by atoms with van der Waals surface area (Å²) in [4.78, 5) is 17.0. The van der Waals surface area contributed by atoms with Crippen LogP contribution >= 0.6 is 0 Å². The third-order valence-electron chi connectivity index (χ3n) is 4.58. The molecule has 0 spiro atoms. The normalized spacial score (nSPS) is 15.8. The zero-order chi connectivity index (χ0) is 17.6. The van der Waals surface area contributed by atoms with Gasteiger partial charge in [0, 0.05) is 33.3 Å². The van der Waals surface area contributed by atoms with Crippen molar-refractivity contribution in [2.75, 3.05) is 45.3 Å². The molecule has 1 amide bonds. The molecule has 0 bridgehead atoms. The number of piperazine rings is 1. The van der Waals surface area contributed by atoms with E-state index in [9.17, 15) is 4.79 Å². The fourth-order valence-corrected chi connectivity index (χ4v) is 3.23. The molecule has 0 aliphatic carbocycles. The highest BCUT2D eigenvalue weighted by Gasteiger charge is 2.29. The minimum atomic E-state index is -0.543. The number of carbonyl (C=O) groups is 1. The first kappa shape index (κ1) is 17.3. The quantitative estimate of drug-likeness (QED) is 0.839. The molecule has 5 nitrogen and oxygen atoms in total. The summed E-state index contributed by atoms with van der Waals surface area (Å²) in [6.07, 6.45) is -0.543. The largest absolute Gasteiger partial charge is 0.495 e. The average Bonchev–Trinajstić information content (AvgIpc) is 2.69. The van der Waals surface area contributed by atoms with E-state index >= 15 is 0 Å². The van der Waals surface area contributed by atoms with E-state index in [0.717, 1.165) is 30.1 Å². The van der Waals surface area contributed by atoms with Gasteiger partial charge < -0.3 is 19.3 Å². The third-order valence-corrected chi connectivity index (χ3v) is 4.58. The summed E-state index contributed by atoms with van der Waals surface area (Å²) in [5.41, 5.74) is 1.96. The Balaban J connectivity index is 1.66. The highest BCUT2D eigenvalue weighted by molar-refractivity contribution is 5.82. The third kappa shape index (κ3) is 3.77. The van der Waals surface area contributed by atoms with Gasteiger partial charge in [-0.1, -0.05) is 42.5 Å². The predicted molar refractivity (Wildman–Crippen MR) is 98.0 cm³/mol. The molecule has 2 aromatic rings. The zero-order valence-electron chi connectivity index (χ0n) is 14.7. The minimum Gasteiger partial charge on any atom is -0.495 e. The summed E-state index contributed by atoms with van der Waals surface area (Å²) in [6.45, 7) is 2.89. The lowest BCUT2D eigenvalue weighted by Gasteiger charge is -2.37. The molecule has 1 aliphatic heterocycles. The maximum absolute atomic E-state index is 12.9. The van der Waals surface area contributed by atoms with Gasteiger partial charge in [-0.25, -0.2) is 0 Å². The molecule has 1 aliphatic rings. The van der Waals surface area contributed by atoms with Gasteiger partial charge in [0.25, 0.3) is 5.91 Å². The van der Waals surface area contributed by atoms with E-state index < -0.39 is 6.10 Å². The molecule has 0 radical (unpaired) electrons. The Bertz CT molecular complexity index is 697. The molecular formula is C20H24N2O3. The van der Waals surface area contributed by atoms with Crippen molar-refractivity contribution in [2.45, 2.75) is 6.10 Å². The highest BCUT2D eigenvalue weighted by Crippen LogP contribution is 2.29. The van der Waals surface area contributed by atoms with E-state index in [1.807, 2.05) is 53.4 Å². The maximum atomic E-state index is 12.9. The summed E-state index contributed by atoms with van der Waals surface area (Å²) in [7, 11) is 3.27. The summed E-state index contributed by atoms with van der Waals surface area (Å²) in [6, 6.07) is 17.6. The van der Waals surface area contributed by atoms with Crippen LogP contribution in [0.1, 0.15) is 11.7 Å². The second kappa shape index (κ2) is 8.03. The molecule has 1 fully saturated rings. The van der Waals surface area contributed by atoms with Crippen molar-refractivity contribution >= 4 is 11.6 Å². The monoisotopic (exact) mass is 340 g/mol. The van der Waals surface area contributed by atoms with Gasteiger partial charge in [-0.15, -0.1) is 0 Å². The SMILES string of the molecule is COc1ccccc1N1CCN(C(=O)[C@@H](OC)c2ccccc2)CC1. The summed E-state index contributed by atoms with van der Waals surface area (Å²) in [5, 5.41) is 0. The topological polar surface area (TPSA) is 42.0 Å². The van der Waals surface area contributed by atoms with E-state index in [1.165, 1.54) is 0 Å². The molecule has 1 heterocycles. The van der Waals surface area contributed by atoms with E-state index in [4.69, 9.17) is 9.47 Å². The predicted octanol–water partition coefficient (Wildman–Crippen LogP) is 2.73. The van der Waals surface area contributed by atoms with Crippen molar-refractivity contribution in [3.8, 4) is 5.75 Å².